The van der Waals surface area contributed by atoms with E-state index in [-0.39, 0.29) is 0 Å². The maximum atomic E-state index is 10.9. The van der Waals surface area contributed by atoms with Crippen LogP contribution >= 0.6 is 0 Å². The van der Waals surface area contributed by atoms with E-state index in [1.54, 1.807) is 0 Å². The van der Waals surface area contributed by atoms with Gasteiger partial charge in [-0.05, 0) is 12.8 Å². The van der Waals surface area contributed by atoms with Gasteiger partial charge in [-0.3, -0.25) is 10.1 Å². The van der Waals surface area contributed by atoms with Gasteiger partial charge in [0.05, 0.1) is 13.2 Å². The molecule has 2 rings (SSSR count). The third kappa shape index (κ3) is 1.56. The van der Waals surface area contributed by atoms with Crippen LogP contribution in [-0.4, -0.2) is 35.9 Å². The van der Waals surface area contributed by atoms with E-state index in [0.717, 1.165) is 12.8 Å². The summed E-state index contributed by atoms with van der Waals surface area (Å²) >= 11 is 0. The van der Waals surface area contributed by atoms with E-state index in [1.807, 2.05) is 0 Å². The Hall–Kier alpha value is -0.610. The standard InChI is InChI=1S/C9H15NO3/c11-8(12)9(5-13-6-9)10-7-3-1-2-4-7/h7,10H,1-6H2,(H,11,12). The number of hydrogen-bond acceptors (Lipinski definition) is 3. The van der Waals surface area contributed by atoms with E-state index in [1.165, 1.54) is 12.8 Å². The normalized spacial score (nSPS) is 27.1. The molecule has 2 aliphatic rings. The van der Waals surface area contributed by atoms with E-state index >= 15 is 0 Å². The molecular formula is C9H15NO3. The van der Waals surface area contributed by atoms with Crippen LogP contribution in [0.2, 0.25) is 0 Å². The third-order valence-corrected chi connectivity index (χ3v) is 2.94. The number of carboxylic acids is 1. The zero-order valence-electron chi connectivity index (χ0n) is 7.58. The molecule has 0 unspecified atom stereocenters. The first kappa shape index (κ1) is 8.97. The summed E-state index contributed by atoms with van der Waals surface area (Å²) in [5.74, 6) is -0.773. The van der Waals surface area contributed by atoms with Crippen LogP contribution in [0.4, 0.5) is 0 Å². The molecule has 0 spiro atoms. The van der Waals surface area contributed by atoms with Crippen molar-refractivity contribution in [1.29, 1.82) is 0 Å². The van der Waals surface area contributed by atoms with Gasteiger partial charge in [-0.1, -0.05) is 12.8 Å². The van der Waals surface area contributed by atoms with Crippen molar-refractivity contribution in [2.24, 2.45) is 0 Å². The maximum absolute atomic E-state index is 10.9. The second kappa shape index (κ2) is 3.27. The highest BCUT2D eigenvalue weighted by molar-refractivity contribution is 5.80. The number of carbonyl (C=O) groups is 1. The number of rotatable bonds is 3. The quantitative estimate of drug-likeness (QED) is 0.667. The molecular weight excluding hydrogens is 170 g/mol. The lowest BCUT2D eigenvalue weighted by atomic mass is 9.96. The van der Waals surface area contributed by atoms with Gasteiger partial charge in [0.15, 0.2) is 5.54 Å². The molecule has 0 aromatic heterocycles. The van der Waals surface area contributed by atoms with Gasteiger partial charge in [-0.15, -0.1) is 0 Å². The van der Waals surface area contributed by atoms with Gasteiger partial charge < -0.3 is 9.84 Å². The SMILES string of the molecule is O=C(O)C1(NC2CCCC2)COC1. The second-order valence-electron chi connectivity index (χ2n) is 4.01. The van der Waals surface area contributed by atoms with Crippen molar-refractivity contribution in [3.05, 3.63) is 0 Å². The summed E-state index contributed by atoms with van der Waals surface area (Å²) in [7, 11) is 0. The molecule has 1 aliphatic heterocycles. The molecule has 0 aromatic rings. The molecule has 0 atom stereocenters. The van der Waals surface area contributed by atoms with Crippen LogP contribution in [0.1, 0.15) is 25.7 Å². The first-order valence-corrected chi connectivity index (χ1v) is 4.82. The van der Waals surface area contributed by atoms with Gasteiger partial charge in [0.25, 0.3) is 0 Å². The third-order valence-electron chi connectivity index (χ3n) is 2.94. The van der Waals surface area contributed by atoms with E-state index in [0.29, 0.717) is 19.3 Å². The van der Waals surface area contributed by atoms with Gasteiger partial charge in [-0.25, -0.2) is 0 Å². The van der Waals surface area contributed by atoms with Crippen molar-refractivity contribution in [2.75, 3.05) is 13.2 Å². The summed E-state index contributed by atoms with van der Waals surface area (Å²) in [4.78, 5) is 10.9. The molecule has 0 aromatic carbocycles. The number of hydrogen-bond donors (Lipinski definition) is 2. The minimum Gasteiger partial charge on any atom is -0.480 e. The maximum Gasteiger partial charge on any atom is 0.328 e. The Bertz CT molecular complexity index is 207. The number of nitrogens with one attached hydrogen (secondary N) is 1. The van der Waals surface area contributed by atoms with Gasteiger partial charge in [0.1, 0.15) is 0 Å². The molecule has 2 fully saturated rings. The molecule has 1 aliphatic carbocycles. The summed E-state index contributed by atoms with van der Waals surface area (Å²) < 4.78 is 4.97. The summed E-state index contributed by atoms with van der Waals surface area (Å²) in [5, 5.41) is 12.2. The fraction of sp³-hybridized carbons (Fsp3) is 0.889. The fourth-order valence-corrected chi connectivity index (χ4v) is 2.04. The molecule has 1 saturated carbocycles. The summed E-state index contributed by atoms with van der Waals surface area (Å²) in [6.07, 6.45) is 4.65. The number of carboxylic acid groups (broad SMARTS) is 1. The van der Waals surface area contributed by atoms with Crippen molar-refractivity contribution < 1.29 is 14.6 Å². The van der Waals surface area contributed by atoms with Crippen molar-refractivity contribution in [2.45, 2.75) is 37.3 Å². The molecule has 4 nitrogen and oxygen atoms in total. The Labute approximate surface area is 77.3 Å². The Morgan fingerprint density at radius 1 is 1.38 bits per heavy atom. The molecule has 1 saturated heterocycles. The molecule has 0 radical (unpaired) electrons. The Balaban J connectivity index is 1.93. The number of ether oxygens (including phenoxy) is 1. The van der Waals surface area contributed by atoms with Gasteiger partial charge in [0.2, 0.25) is 0 Å². The smallest absolute Gasteiger partial charge is 0.328 e. The largest absolute Gasteiger partial charge is 0.480 e. The van der Waals surface area contributed by atoms with Gasteiger partial charge >= 0.3 is 5.97 Å². The lowest BCUT2D eigenvalue weighted by molar-refractivity contribution is -0.167. The predicted octanol–water partition coefficient (Wildman–Crippen LogP) is 0.372. The lowest BCUT2D eigenvalue weighted by Gasteiger charge is -2.40. The first-order chi connectivity index (χ1) is 6.23. The zero-order chi connectivity index (χ0) is 9.31. The summed E-state index contributed by atoms with van der Waals surface area (Å²) in [5.41, 5.74) is -0.769. The van der Waals surface area contributed by atoms with Crippen LogP contribution < -0.4 is 5.32 Å². The van der Waals surface area contributed by atoms with Crippen LogP contribution in [-0.2, 0) is 9.53 Å². The topological polar surface area (TPSA) is 58.6 Å². The lowest BCUT2D eigenvalue weighted by Crippen LogP contribution is -2.67. The fourth-order valence-electron chi connectivity index (χ4n) is 2.04. The second-order valence-corrected chi connectivity index (χ2v) is 4.01. The van der Waals surface area contributed by atoms with Crippen molar-refractivity contribution in [3.63, 3.8) is 0 Å². The Morgan fingerprint density at radius 3 is 2.38 bits per heavy atom. The average Bonchev–Trinajstić information content (AvgIpc) is 2.47. The molecule has 4 heteroatoms. The van der Waals surface area contributed by atoms with E-state index in [4.69, 9.17) is 9.84 Å². The van der Waals surface area contributed by atoms with Gasteiger partial charge in [-0.2, -0.15) is 0 Å². The van der Waals surface area contributed by atoms with E-state index in [9.17, 15) is 4.79 Å². The van der Waals surface area contributed by atoms with Crippen molar-refractivity contribution in [3.8, 4) is 0 Å². The van der Waals surface area contributed by atoms with Gasteiger partial charge in [0, 0.05) is 6.04 Å². The highest BCUT2D eigenvalue weighted by Gasteiger charge is 2.47. The Morgan fingerprint density at radius 2 is 2.00 bits per heavy atom. The first-order valence-electron chi connectivity index (χ1n) is 4.82. The average molecular weight is 185 g/mol. The highest BCUT2D eigenvalue weighted by atomic mass is 16.5. The highest BCUT2D eigenvalue weighted by Crippen LogP contribution is 2.24. The van der Waals surface area contributed by atoms with E-state index < -0.39 is 11.5 Å². The van der Waals surface area contributed by atoms with Crippen LogP contribution in [0.5, 0.6) is 0 Å². The van der Waals surface area contributed by atoms with Crippen molar-refractivity contribution >= 4 is 5.97 Å². The Kier molecular flexibility index (Phi) is 2.26. The van der Waals surface area contributed by atoms with Crippen molar-refractivity contribution in [1.82, 2.24) is 5.32 Å². The number of aliphatic carboxylic acids is 1. The minimum absolute atomic E-state index is 0.318. The molecule has 0 bridgehead atoms. The molecule has 0 amide bonds. The van der Waals surface area contributed by atoms with Crippen LogP contribution in [0.25, 0.3) is 0 Å². The molecule has 74 valence electrons. The predicted molar refractivity (Wildman–Crippen MR) is 46.6 cm³/mol. The molecule has 1 heterocycles. The molecule has 2 N–H and O–H groups in total. The van der Waals surface area contributed by atoms with Crippen LogP contribution in [0, 0.1) is 0 Å². The molecule has 13 heavy (non-hydrogen) atoms. The van der Waals surface area contributed by atoms with Crippen LogP contribution in [0.15, 0.2) is 0 Å². The monoisotopic (exact) mass is 185 g/mol. The van der Waals surface area contributed by atoms with E-state index in [2.05, 4.69) is 5.32 Å². The van der Waals surface area contributed by atoms with Crippen LogP contribution in [0.3, 0.4) is 0 Å². The minimum atomic E-state index is -0.773. The zero-order valence-corrected chi connectivity index (χ0v) is 7.58. The summed E-state index contributed by atoms with van der Waals surface area (Å²) in [6.45, 7) is 0.637. The summed E-state index contributed by atoms with van der Waals surface area (Å²) in [6, 6.07) is 0.389.